The van der Waals surface area contributed by atoms with Crippen LogP contribution >= 0.6 is 0 Å². The number of hydrogen-bond donors (Lipinski definition) is 5. The first kappa shape index (κ1) is 24.3. The van der Waals surface area contributed by atoms with Gasteiger partial charge in [0.05, 0.1) is 6.04 Å². The second-order valence-corrected chi connectivity index (χ2v) is 7.52. The monoisotopic (exact) mass is 414 g/mol. The van der Waals surface area contributed by atoms with E-state index in [9.17, 15) is 24.0 Å². The molecule has 1 aliphatic heterocycles. The zero-order valence-electron chi connectivity index (χ0n) is 16.9. The summed E-state index contributed by atoms with van der Waals surface area (Å²) in [6.45, 7) is 5.20. The Morgan fingerprint density at radius 2 is 1.72 bits per heavy atom. The van der Waals surface area contributed by atoms with E-state index in [1.807, 2.05) is 0 Å². The second kappa shape index (κ2) is 10.7. The van der Waals surface area contributed by atoms with Gasteiger partial charge in [0, 0.05) is 13.0 Å². The number of amides is 3. The van der Waals surface area contributed by atoms with E-state index in [0.29, 0.717) is 19.4 Å². The number of carboxylic acid groups (broad SMARTS) is 2. The van der Waals surface area contributed by atoms with Crippen molar-refractivity contribution in [1.82, 2.24) is 15.5 Å². The molecule has 1 heterocycles. The maximum absolute atomic E-state index is 12.7. The Morgan fingerprint density at radius 3 is 2.24 bits per heavy atom. The molecule has 11 nitrogen and oxygen atoms in total. The fraction of sp³-hybridized carbons (Fsp3) is 0.722. The first-order valence-corrected chi connectivity index (χ1v) is 9.57. The molecule has 3 amide bonds. The third-order valence-corrected chi connectivity index (χ3v) is 4.85. The summed E-state index contributed by atoms with van der Waals surface area (Å²) in [6, 6.07) is -4.02. The van der Waals surface area contributed by atoms with Crippen molar-refractivity contribution in [2.75, 3.05) is 6.54 Å². The van der Waals surface area contributed by atoms with E-state index < -0.39 is 54.3 Å². The summed E-state index contributed by atoms with van der Waals surface area (Å²) in [6.07, 6.45) is 0.370. The Kier molecular flexibility index (Phi) is 9.02. The normalized spacial score (nSPS) is 19.3. The molecule has 0 aromatic rings. The van der Waals surface area contributed by atoms with Crippen LogP contribution in [0, 0.1) is 5.92 Å². The molecule has 1 fully saturated rings. The maximum atomic E-state index is 12.7. The molecule has 29 heavy (non-hydrogen) atoms. The number of rotatable bonds is 10. The average molecular weight is 414 g/mol. The molecule has 0 aliphatic carbocycles. The van der Waals surface area contributed by atoms with Crippen molar-refractivity contribution in [1.29, 1.82) is 0 Å². The van der Waals surface area contributed by atoms with Crippen molar-refractivity contribution in [3.63, 3.8) is 0 Å². The average Bonchev–Trinajstić information content (AvgIpc) is 3.12. The number of aliphatic carboxylic acids is 2. The fourth-order valence-electron chi connectivity index (χ4n) is 2.96. The van der Waals surface area contributed by atoms with Gasteiger partial charge in [-0.1, -0.05) is 13.8 Å². The molecule has 11 heteroatoms. The zero-order valence-corrected chi connectivity index (χ0v) is 16.9. The van der Waals surface area contributed by atoms with Crippen LogP contribution < -0.4 is 16.4 Å². The fourth-order valence-corrected chi connectivity index (χ4v) is 2.96. The van der Waals surface area contributed by atoms with Crippen LogP contribution in [0.3, 0.4) is 0 Å². The van der Waals surface area contributed by atoms with Crippen molar-refractivity contribution in [2.24, 2.45) is 11.7 Å². The molecule has 4 unspecified atom stereocenters. The minimum absolute atomic E-state index is 0.113. The minimum Gasteiger partial charge on any atom is -0.481 e. The molecular formula is C18H30N4O7. The van der Waals surface area contributed by atoms with Gasteiger partial charge in [0.25, 0.3) is 0 Å². The van der Waals surface area contributed by atoms with Crippen LogP contribution in [-0.2, 0) is 24.0 Å². The van der Waals surface area contributed by atoms with E-state index in [4.69, 9.17) is 15.9 Å². The number of hydrogen-bond acceptors (Lipinski definition) is 6. The van der Waals surface area contributed by atoms with Crippen LogP contribution in [0.2, 0.25) is 0 Å². The summed E-state index contributed by atoms with van der Waals surface area (Å²) in [5.41, 5.74) is 5.91. The van der Waals surface area contributed by atoms with Crippen molar-refractivity contribution >= 4 is 29.7 Å². The van der Waals surface area contributed by atoms with Gasteiger partial charge in [0.15, 0.2) is 0 Å². The topological polar surface area (TPSA) is 179 Å². The van der Waals surface area contributed by atoms with Gasteiger partial charge in [0.2, 0.25) is 17.7 Å². The molecule has 1 aliphatic rings. The smallest absolute Gasteiger partial charge is 0.325 e. The largest absolute Gasteiger partial charge is 0.481 e. The van der Waals surface area contributed by atoms with E-state index >= 15 is 0 Å². The van der Waals surface area contributed by atoms with Crippen LogP contribution in [0.4, 0.5) is 0 Å². The Hall–Kier alpha value is -2.69. The number of carbonyl (C=O) groups is 5. The van der Waals surface area contributed by atoms with Crippen LogP contribution in [0.5, 0.6) is 0 Å². The SMILES string of the molecule is CC(NC(=O)C(CCC(=O)O)NC(=O)C1CCCN1C(=O)C(N)C(C)C)C(=O)O. The summed E-state index contributed by atoms with van der Waals surface area (Å²) in [5.74, 6) is -4.30. The maximum Gasteiger partial charge on any atom is 0.325 e. The van der Waals surface area contributed by atoms with Crippen molar-refractivity contribution in [3.05, 3.63) is 0 Å². The van der Waals surface area contributed by atoms with Gasteiger partial charge >= 0.3 is 11.9 Å². The van der Waals surface area contributed by atoms with E-state index in [1.165, 1.54) is 11.8 Å². The summed E-state index contributed by atoms with van der Waals surface area (Å²) in [4.78, 5) is 60.8. The lowest BCUT2D eigenvalue weighted by molar-refractivity contribution is -0.143. The summed E-state index contributed by atoms with van der Waals surface area (Å²) in [7, 11) is 0. The molecule has 164 valence electrons. The number of nitrogens with two attached hydrogens (primary N) is 1. The third-order valence-electron chi connectivity index (χ3n) is 4.85. The van der Waals surface area contributed by atoms with Crippen molar-refractivity contribution in [2.45, 2.75) is 70.6 Å². The zero-order chi connectivity index (χ0) is 22.3. The molecule has 0 bridgehead atoms. The molecule has 0 saturated carbocycles. The molecule has 0 aromatic carbocycles. The number of carboxylic acids is 2. The van der Waals surface area contributed by atoms with Gasteiger partial charge in [-0.15, -0.1) is 0 Å². The lowest BCUT2D eigenvalue weighted by Gasteiger charge is -2.29. The lowest BCUT2D eigenvalue weighted by atomic mass is 10.0. The molecule has 1 saturated heterocycles. The third kappa shape index (κ3) is 7.00. The Labute approximate surface area is 169 Å². The van der Waals surface area contributed by atoms with Gasteiger partial charge in [-0.05, 0) is 32.1 Å². The van der Waals surface area contributed by atoms with E-state index in [-0.39, 0.29) is 18.2 Å². The highest BCUT2D eigenvalue weighted by atomic mass is 16.4. The molecular weight excluding hydrogens is 384 g/mol. The number of likely N-dealkylation sites (tertiary alicyclic amines) is 1. The first-order valence-electron chi connectivity index (χ1n) is 9.57. The quantitative estimate of drug-likeness (QED) is 0.299. The Balaban J connectivity index is 2.89. The predicted molar refractivity (Wildman–Crippen MR) is 102 cm³/mol. The molecule has 4 atom stereocenters. The van der Waals surface area contributed by atoms with Crippen molar-refractivity contribution < 1.29 is 34.2 Å². The van der Waals surface area contributed by atoms with Crippen LogP contribution in [0.1, 0.15) is 46.5 Å². The minimum atomic E-state index is -1.27. The van der Waals surface area contributed by atoms with E-state index in [2.05, 4.69) is 10.6 Å². The highest BCUT2D eigenvalue weighted by molar-refractivity contribution is 5.94. The summed E-state index contributed by atoms with van der Waals surface area (Å²) < 4.78 is 0. The van der Waals surface area contributed by atoms with Crippen LogP contribution in [-0.4, -0.2) is 75.5 Å². The van der Waals surface area contributed by atoms with Crippen molar-refractivity contribution in [3.8, 4) is 0 Å². The van der Waals surface area contributed by atoms with E-state index in [1.54, 1.807) is 13.8 Å². The molecule has 6 N–H and O–H groups in total. The number of nitrogens with one attached hydrogen (secondary N) is 2. The standard InChI is InChI=1S/C18H30N4O7/c1-9(2)14(19)17(27)22-8-4-5-12(22)16(26)21-11(6-7-13(23)24)15(25)20-10(3)18(28)29/h9-12,14H,4-8,19H2,1-3H3,(H,20,25)(H,21,26)(H,23,24)(H,28,29). The Bertz CT molecular complexity index is 652. The van der Waals surface area contributed by atoms with Gasteiger partial charge in [-0.25, -0.2) is 0 Å². The molecule has 0 radical (unpaired) electrons. The lowest BCUT2D eigenvalue weighted by Crippen LogP contribution is -2.56. The Morgan fingerprint density at radius 1 is 1.10 bits per heavy atom. The number of carbonyl (C=O) groups excluding carboxylic acids is 3. The molecule has 1 rings (SSSR count). The highest BCUT2D eigenvalue weighted by Crippen LogP contribution is 2.20. The van der Waals surface area contributed by atoms with Gasteiger partial charge in [0.1, 0.15) is 18.1 Å². The first-order chi connectivity index (χ1) is 13.5. The highest BCUT2D eigenvalue weighted by Gasteiger charge is 2.38. The van der Waals surface area contributed by atoms with Gasteiger partial charge in [-0.2, -0.15) is 0 Å². The van der Waals surface area contributed by atoms with E-state index in [0.717, 1.165) is 0 Å². The predicted octanol–water partition coefficient (Wildman–Crippen LogP) is -1.10. The number of nitrogens with zero attached hydrogens (tertiary/aromatic N) is 1. The molecule has 0 spiro atoms. The summed E-state index contributed by atoms with van der Waals surface area (Å²) >= 11 is 0. The molecule has 0 aromatic heterocycles. The van der Waals surface area contributed by atoms with Crippen LogP contribution in [0.15, 0.2) is 0 Å². The second-order valence-electron chi connectivity index (χ2n) is 7.52. The van der Waals surface area contributed by atoms with Crippen LogP contribution in [0.25, 0.3) is 0 Å². The van der Waals surface area contributed by atoms with Gasteiger partial charge < -0.3 is 31.5 Å². The summed E-state index contributed by atoms with van der Waals surface area (Å²) in [5, 5.41) is 22.5. The van der Waals surface area contributed by atoms with Gasteiger partial charge in [-0.3, -0.25) is 24.0 Å².